The van der Waals surface area contributed by atoms with E-state index in [0.29, 0.717) is 11.8 Å². The normalized spacial score (nSPS) is 66.0. The van der Waals surface area contributed by atoms with Gasteiger partial charge in [0.15, 0.2) is 0 Å². The average Bonchev–Trinajstić information content (AvgIpc) is 2.13. The van der Waals surface area contributed by atoms with E-state index in [2.05, 4.69) is 0 Å². The van der Waals surface area contributed by atoms with Crippen molar-refractivity contribution in [2.24, 2.45) is 11.8 Å². The third-order valence-electron chi connectivity index (χ3n) is 2.54. The molecule has 2 aliphatic rings. The van der Waals surface area contributed by atoms with Gasteiger partial charge >= 0.3 is 0 Å². The molecular formula is C6H9F. The molecule has 0 aliphatic heterocycles. The van der Waals surface area contributed by atoms with Crippen molar-refractivity contribution in [2.45, 2.75) is 25.4 Å². The molecule has 0 nitrogen and oxygen atoms in total. The topological polar surface area (TPSA) is 0 Å². The van der Waals surface area contributed by atoms with Crippen molar-refractivity contribution in [3.05, 3.63) is 0 Å². The van der Waals surface area contributed by atoms with Gasteiger partial charge in [-0.3, -0.25) is 0 Å². The largest absolute Gasteiger partial charge is 0.243 e. The molecule has 3 unspecified atom stereocenters. The van der Waals surface area contributed by atoms with E-state index in [-0.39, 0.29) is 0 Å². The zero-order chi connectivity index (χ0) is 5.07. The van der Waals surface area contributed by atoms with Crippen LogP contribution in [-0.4, -0.2) is 5.67 Å². The van der Waals surface area contributed by atoms with Gasteiger partial charge in [0.2, 0.25) is 0 Å². The molecule has 0 spiro atoms. The van der Waals surface area contributed by atoms with Crippen LogP contribution in [0.15, 0.2) is 0 Å². The first-order chi connectivity index (χ1) is 3.23. The predicted octanol–water partition coefficient (Wildman–Crippen LogP) is 1.75. The molecule has 0 bridgehead atoms. The van der Waals surface area contributed by atoms with Crippen molar-refractivity contribution >= 4 is 0 Å². The third-order valence-corrected chi connectivity index (χ3v) is 2.54. The van der Waals surface area contributed by atoms with E-state index in [1.807, 2.05) is 6.92 Å². The summed E-state index contributed by atoms with van der Waals surface area (Å²) in [5.74, 6) is 0.875. The van der Waals surface area contributed by atoms with Gasteiger partial charge in [-0.05, 0) is 24.7 Å². The molecule has 0 aromatic carbocycles. The minimum atomic E-state index is -0.653. The summed E-state index contributed by atoms with van der Waals surface area (Å²) >= 11 is 0. The maximum atomic E-state index is 12.7. The minimum absolute atomic E-state index is 0.387. The van der Waals surface area contributed by atoms with Crippen LogP contribution in [0.1, 0.15) is 19.8 Å². The van der Waals surface area contributed by atoms with Gasteiger partial charge in [-0.1, -0.05) is 6.92 Å². The van der Waals surface area contributed by atoms with Gasteiger partial charge in [0.1, 0.15) is 5.67 Å². The van der Waals surface area contributed by atoms with Gasteiger partial charge in [0, 0.05) is 0 Å². The Hall–Kier alpha value is -0.0700. The number of rotatable bonds is 0. The molecule has 0 heterocycles. The Kier molecular flexibility index (Phi) is 0.411. The molecule has 0 radical (unpaired) electrons. The molecular weight excluding hydrogens is 91.1 g/mol. The molecule has 7 heavy (non-hydrogen) atoms. The molecule has 0 N–H and O–H groups in total. The van der Waals surface area contributed by atoms with Crippen molar-refractivity contribution in [3.63, 3.8) is 0 Å². The second-order valence-corrected chi connectivity index (χ2v) is 2.96. The Bertz CT molecular complexity index is 109. The summed E-state index contributed by atoms with van der Waals surface area (Å²) in [6.07, 6.45) is 2.02. The first-order valence-corrected chi connectivity index (χ1v) is 2.92. The number of alkyl halides is 1. The van der Waals surface area contributed by atoms with Crippen LogP contribution >= 0.6 is 0 Å². The van der Waals surface area contributed by atoms with Gasteiger partial charge in [-0.15, -0.1) is 0 Å². The van der Waals surface area contributed by atoms with Crippen LogP contribution in [0.5, 0.6) is 0 Å². The second-order valence-electron chi connectivity index (χ2n) is 2.96. The molecule has 2 rings (SSSR count). The highest BCUT2D eigenvalue weighted by Gasteiger charge is 2.67. The summed E-state index contributed by atoms with van der Waals surface area (Å²) in [5.41, 5.74) is -0.653. The summed E-state index contributed by atoms with van der Waals surface area (Å²) in [7, 11) is 0. The van der Waals surface area contributed by atoms with Gasteiger partial charge in [-0.25, -0.2) is 4.39 Å². The number of fused-ring (bicyclic) bond motifs is 1. The minimum Gasteiger partial charge on any atom is -0.243 e. The predicted molar refractivity (Wildman–Crippen MR) is 25.7 cm³/mol. The van der Waals surface area contributed by atoms with Crippen LogP contribution in [0.4, 0.5) is 4.39 Å². The molecule has 1 heteroatoms. The SMILES string of the molecule is CC1CC2CC12F. The Morgan fingerprint density at radius 2 is 2.43 bits per heavy atom. The Morgan fingerprint density at radius 3 is 2.43 bits per heavy atom. The quantitative estimate of drug-likeness (QED) is 0.435. The van der Waals surface area contributed by atoms with E-state index in [4.69, 9.17) is 0 Å². The Labute approximate surface area is 42.7 Å². The maximum Gasteiger partial charge on any atom is 0.116 e. The molecule has 0 amide bonds. The molecule has 0 aromatic rings. The fourth-order valence-corrected chi connectivity index (χ4v) is 1.66. The van der Waals surface area contributed by atoms with Gasteiger partial charge in [-0.2, -0.15) is 0 Å². The summed E-state index contributed by atoms with van der Waals surface area (Å²) < 4.78 is 12.7. The summed E-state index contributed by atoms with van der Waals surface area (Å²) in [6.45, 7) is 2.00. The lowest BCUT2D eigenvalue weighted by molar-refractivity contribution is 0.107. The standard InChI is InChI=1S/C6H9F/c1-4-2-5-3-6(4,5)7/h4-5H,2-3H2,1H3. The van der Waals surface area contributed by atoms with Crippen molar-refractivity contribution in [3.8, 4) is 0 Å². The van der Waals surface area contributed by atoms with Crippen molar-refractivity contribution in [1.29, 1.82) is 0 Å². The molecule has 0 saturated heterocycles. The highest BCUT2D eigenvalue weighted by atomic mass is 19.1. The van der Waals surface area contributed by atoms with Crippen LogP contribution in [-0.2, 0) is 0 Å². The monoisotopic (exact) mass is 100 g/mol. The number of halogens is 1. The lowest BCUT2D eigenvalue weighted by Gasteiger charge is -2.25. The maximum absolute atomic E-state index is 12.7. The van der Waals surface area contributed by atoms with E-state index in [9.17, 15) is 4.39 Å². The van der Waals surface area contributed by atoms with Crippen LogP contribution in [0.2, 0.25) is 0 Å². The second kappa shape index (κ2) is 0.743. The van der Waals surface area contributed by atoms with Gasteiger partial charge in [0.05, 0.1) is 0 Å². The lowest BCUT2D eigenvalue weighted by atomic mass is 9.85. The summed E-state index contributed by atoms with van der Waals surface area (Å²) in [5, 5.41) is 0. The molecule has 2 saturated carbocycles. The van der Waals surface area contributed by atoms with Crippen molar-refractivity contribution in [1.82, 2.24) is 0 Å². The number of hydrogen-bond acceptors (Lipinski definition) is 0. The summed E-state index contributed by atoms with van der Waals surface area (Å²) in [6, 6.07) is 0. The third kappa shape index (κ3) is 0.256. The van der Waals surface area contributed by atoms with Crippen LogP contribution in [0.25, 0.3) is 0 Å². The zero-order valence-corrected chi connectivity index (χ0v) is 4.45. The van der Waals surface area contributed by atoms with Gasteiger partial charge < -0.3 is 0 Å². The molecule has 2 fully saturated rings. The van der Waals surface area contributed by atoms with Gasteiger partial charge in [0.25, 0.3) is 0 Å². The van der Waals surface area contributed by atoms with Crippen molar-refractivity contribution < 1.29 is 4.39 Å². The Morgan fingerprint density at radius 1 is 1.71 bits per heavy atom. The highest BCUT2D eigenvalue weighted by Crippen LogP contribution is 2.65. The molecule has 0 aromatic heterocycles. The first kappa shape index (κ1) is 3.88. The van der Waals surface area contributed by atoms with Crippen LogP contribution < -0.4 is 0 Å². The van der Waals surface area contributed by atoms with Crippen molar-refractivity contribution in [2.75, 3.05) is 0 Å². The van der Waals surface area contributed by atoms with Crippen LogP contribution in [0.3, 0.4) is 0 Å². The fraction of sp³-hybridized carbons (Fsp3) is 1.00. The summed E-state index contributed by atoms with van der Waals surface area (Å²) in [4.78, 5) is 0. The van der Waals surface area contributed by atoms with E-state index in [1.54, 1.807) is 0 Å². The smallest absolute Gasteiger partial charge is 0.116 e. The average molecular weight is 100 g/mol. The molecule has 2 aliphatic carbocycles. The molecule has 3 atom stereocenters. The van der Waals surface area contributed by atoms with E-state index in [1.165, 1.54) is 0 Å². The van der Waals surface area contributed by atoms with E-state index >= 15 is 0 Å². The zero-order valence-electron chi connectivity index (χ0n) is 4.45. The van der Waals surface area contributed by atoms with Crippen LogP contribution in [0, 0.1) is 11.8 Å². The fourth-order valence-electron chi connectivity index (χ4n) is 1.66. The first-order valence-electron chi connectivity index (χ1n) is 2.92. The number of hydrogen-bond donors (Lipinski definition) is 0. The Balaban J connectivity index is 2.17. The van der Waals surface area contributed by atoms with E-state index < -0.39 is 5.67 Å². The lowest BCUT2D eigenvalue weighted by Crippen LogP contribution is -2.27. The van der Waals surface area contributed by atoms with E-state index in [0.717, 1.165) is 12.8 Å². The molecule has 40 valence electrons. The highest BCUT2D eigenvalue weighted by molar-refractivity contribution is 5.16.